The molecule has 0 spiro atoms. The largest absolute Gasteiger partial charge is 0.497 e. The Morgan fingerprint density at radius 3 is 2.54 bits per heavy atom. The van der Waals surface area contributed by atoms with Gasteiger partial charge >= 0.3 is 0 Å². The molecule has 3 aromatic rings. The quantitative estimate of drug-likeness (QED) is 0.534. The van der Waals surface area contributed by atoms with Crippen molar-refractivity contribution in [2.75, 3.05) is 23.5 Å². The molecule has 3 rings (SSSR count). The zero-order valence-electron chi connectivity index (χ0n) is 14.9. The van der Waals surface area contributed by atoms with E-state index in [1.165, 1.54) is 18.0 Å². The van der Waals surface area contributed by atoms with Crippen molar-refractivity contribution < 1.29 is 18.7 Å². The lowest BCUT2D eigenvalue weighted by molar-refractivity contribution is -0.113. The Hall–Kier alpha value is -2.90. The lowest BCUT2D eigenvalue weighted by atomic mass is 10.2. The summed E-state index contributed by atoms with van der Waals surface area (Å²) in [5, 5.41) is 5.92. The van der Waals surface area contributed by atoms with Crippen LogP contribution in [0.3, 0.4) is 0 Å². The molecule has 0 aliphatic rings. The van der Waals surface area contributed by atoms with Crippen molar-refractivity contribution in [3.05, 3.63) is 71.6 Å². The summed E-state index contributed by atoms with van der Waals surface area (Å²) in [5.41, 5.74) is 0.835. The van der Waals surface area contributed by atoms with E-state index in [1.54, 1.807) is 37.4 Å². The van der Waals surface area contributed by atoms with Crippen LogP contribution in [0.5, 0.6) is 5.75 Å². The maximum Gasteiger partial charge on any atom is 0.291 e. The standard InChI is InChI=1S/C20H17ClN2O4S/c1-26-14-5-7-15(8-6-14)28-12-19(24)22-16-9-4-13(21)11-17(16)23-20(25)18-3-2-10-27-18/h2-11H,12H2,1H3,(H,22,24)(H,23,25). The number of carbonyl (C=O) groups excluding carboxylic acids is 2. The number of anilines is 2. The minimum absolute atomic E-state index is 0.160. The predicted octanol–water partition coefficient (Wildman–Crippen LogP) is 4.92. The second-order valence-corrected chi connectivity index (χ2v) is 7.12. The van der Waals surface area contributed by atoms with Crippen molar-refractivity contribution in [1.82, 2.24) is 0 Å². The van der Waals surface area contributed by atoms with E-state index in [4.69, 9.17) is 20.8 Å². The van der Waals surface area contributed by atoms with E-state index in [1.807, 2.05) is 24.3 Å². The van der Waals surface area contributed by atoms with Crippen molar-refractivity contribution in [1.29, 1.82) is 0 Å². The van der Waals surface area contributed by atoms with Gasteiger partial charge in [-0.1, -0.05) is 11.6 Å². The van der Waals surface area contributed by atoms with Crippen LogP contribution in [-0.2, 0) is 4.79 Å². The number of ether oxygens (including phenoxy) is 1. The van der Waals surface area contributed by atoms with Crippen LogP contribution in [0.2, 0.25) is 5.02 Å². The van der Waals surface area contributed by atoms with Gasteiger partial charge in [-0.2, -0.15) is 0 Å². The maximum absolute atomic E-state index is 12.3. The van der Waals surface area contributed by atoms with Gasteiger partial charge in [0.1, 0.15) is 5.75 Å². The van der Waals surface area contributed by atoms with Gasteiger partial charge in [-0.3, -0.25) is 9.59 Å². The van der Waals surface area contributed by atoms with Gasteiger partial charge < -0.3 is 19.8 Å². The Balaban J connectivity index is 1.64. The third-order valence-electron chi connectivity index (χ3n) is 3.68. The number of rotatable bonds is 7. The molecule has 1 heterocycles. The summed E-state index contributed by atoms with van der Waals surface area (Å²) < 4.78 is 10.2. The summed E-state index contributed by atoms with van der Waals surface area (Å²) in [6.45, 7) is 0. The predicted molar refractivity (Wildman–Crippen MR) is 110 cm³/mol. The van der Waals surface area contributed by atoms with E-state index in [9.17, 15) is 9.59 Å². The molecule has 144 valence electrons. The average molecular weight is 417 g/mol. The monoisotopic (exact) mass is 416 g/mol. The van der Waals surface area contributed by atoms with Gasteiger partial charge in [-0.15, -0.1) is 11.8 Å². The van der Waals surface area contributed by atoms with E-state index < -0.39 is 5.91 Å². The van der Waals surface area contributed by atoms with Crippen LogP contribution >= 0.6 is 23.4 Å². The third kappa shape index (κ3) is 5.31. The molecule has 0 radical (unpaired) electrons. The van der Waals surface area contributed by atoms with E-state index in [0.717, 1.165) is 10.6 Å². The van der Waals surface area contributed by atoms with E-state index in [2.05, 4.69) is 10.6 Å². The topological polar surface area (TPSA) is 80.6 Å². The van der Waals surface area contributed by atoms with E-state index in [-0.39, 0.29) is 17.4 Å². The number of furan rings is 1. The highest BCUT2D eigenvalue weighted by Gasteiger charge is 2.14. The molecule has 2 aromatic carbocycles. The normalized spacial score (nSPS) is 10.4. The number of hydrogen-bond donors (Lipinski definition) is 2. The van der Waals surface area contributed by atoms with Crippen LogP contribution in [0.25, 0.3) is 0 Å². The number of nitrogens with one attached hydrogen (secondary N) is 2. The van der Waals surface area contributed by atoms with Gasteiger partial charge in [-0.05, 0) is 54.6 Å². The molecule has 0 bridgehead atoms. The third-order valence-corrected chi connectivity index (χ3v) is 4.93. The highest BCUT2D eigenvalue weighted by atomic mass is 35.5. The fourth-order valence-corrected chi connectivity index (χ4v) is 3.20. The molecule has 0 saturated carbocycles. The molecule has 0 fully saturated rings. The van der Waals surface area contributed by atoms with Gasteiger partial charge in [-0.25, -0.2) is 0 Å². The number of benzene rings is 2. The van der Waals surface area contributed by atoms with Gasteiger partial charge in [0.15, 0.2) is 5.76 Å². The van der Waals surface area contributed by atoms with E-state index >= 15 is 0 Å². The molecule has 0 atom stereocenters. The van der Waals surface area contributed by atoms with Gasteiger partial charge in [0.25, 0.3) is 5.91 Å². The SMILES string of the molecule is COc1ccc(SCC(=O)Nc2ccc(Cl)cc2NC(=O)c2ccco2)cc1. The average Bonchev–Trinajstić information content (AvgIpc) is 3.24. The number of amides is 2. The second-order valence-electron chi connectivity index (χ2n) is 5.63. The number of methoxy groups -OCH3 is 1. The Labute approximate surface area is 171 Å². The Morgan fingerprint density at radius 1 is 1.07 bits per heavy atom. The fraction of sp³-hybridized carbons (Fsp3) is 0.100. The molecule has 1 aromatic heterocycles. The zero-order valence-corrected chi connectivity index (χ0v) is 16.5. The smallest absolute Gasteiger partial charge is 0.291 e. The van der Waals surface area contributed by atoms with Crippen molar-refractivity contribution >= 4 is 46.6 Å². The van der Waals surface area contributed by atoms with Crippen LogP contribution in [0.15, 0.2) is 70.2 Å². The summed E-state index contributed by atoms with van der Waals surface area (Å²) in [5.74, 6) is 0.479. The summed E-state index contributed by atoms with van der Waals surface area (Å²) in [6.07, 6.45) is 1.41. The zero-order chi connectivity index (χ0) is 19.9. The highest BCUT2D eigenvalue weighted by molar-refractivity contribution is 8.00. The first-order chi connectivity index (χ1) is 13.5. The molecule has 6 nitrogen and oxygen atoms in total. The van der Waals surface area contributed by atoms with E-state index in [0.29, 0.717) is 16.4 Å². The molecule has 0 aliphatic heterocycles. The van der Waals surface area contributed by atoms with Crippen molar-refractivity contribution in [3.63, 3.8) is 0 Å². The van der Waals surface area contributed by atoms with Crippen LogP contribution in [0.1, 0.15) is 10.6 Å². The summed E-state index contributed by atoms with van der Waals surface area (Å²) in [4.78, 5) is 25.5. The minimum atomic E-state index is -0.435. The second kappa shape index (κ2) is 9.34. The fourth-order valence-electron chi connectivity index (χ4n) is 2.33. The first-order valence-electron chi connectivity index (χ1n) is 8.26. The first kappa shape index (κ1) is 19.9. The van der Waals surface area contributed by atoms with Crippen molar-refractivity contribution in [2.24, 2.45) is 0 Å². The molecule has 28 heavy (non-hydrogen) atoms. The summed E-state index contributed by atoms with van der Waals surface area (Å²) in [6, 6.07) is 15.4. The molecular formula is C20H17ClN2O4S. The molecule has 0 saturated heterocycles. The van der Waals surface area contributed by atoms with Gasteiger partial charge in [0.05, 0.1) is 30.5 Å². The van der Waals surface area contributed by atoms with Crippen LogP contribution in [-0.4, -0.2) is 24.7 Å². The minimum Gasteiger partial charge on any atom is -0.497 e. The number of halogens is 1. The van der Waals surface area contributed by atoms with Crippen LogP contribution in [0.4, 0.5) is 11.4 Å². The van der Waals surface area contributed by atoms with Crippen LogP contribution < -0.4 is 15.4 Å². The highest BCUT2D eigenvalue weighted by Crippen LogP contribution is 2.27. The molecule has 0 unspecified atom stereocenters. The Morgan fingerprint density at radius 2 is 1.86 bits per heavy atom. The number of carbonyl (C=O) groups is 2. The summed E-state index contributed by atoms with van der Waals surface area (Å²) >= 11 is 7.42. The lowest BCUT2D eigenvalue weighted by Crippen LogP contribution is -2.17. The molecule has 0 aliphatic carbocycles. The molecule has 2 amide bonds. The van der Waals surface area contributed by atoms with Crippen LogP contribution in [0, 0.1) is 0 Å². The lowest BCUT2D eigenvalue weighted by Gasteiger charge is -2.12. The Bertz CT molecular complexity index is 959. The van der Waals surface area contributed by atoms with Gasteiger partial charge in [0, 0.05) is 9.92 Å². The number of thioether (sulfide) groups is 1. The molecular weight excluding hydrogens is 400 g/mol. The first-order valence-corrected chi connectivity index (χ1v) is 9.62. The van der Waals surface area contributed by atoms with Crippen molar-refractivity contribution in [2.45, 2.75) is 4.90 Å². The van der Waals surface area contributed by atoms with Gasteiger partial charge in [0.2, 0.25) is 5.91 Å². The maximum atomic E-state index is 12.3. The van der Waals surface area contributed by atoms with Crippen molar-refractivity contribution in [3.8, 4) is 5.75 Å². The molecule has 2 N–H and O–H groups in total. The Kier molecular flexibility index (Phi) is 6.62. The summed E-state index contributed by atoms with van der Waals surface area (Å²) in [7, 11) is 1.60. The number of hydrogen-bond acceptors (Lipinski definition) is 5. The molecule has 8 heteroatoms.